The third kappa shape index (κ3) is 2.16. The van der Waals surface area contributed by atoms with Crippen LogP contribution in [0.25, 0.3) is 0 Å². The van der Waals surface area contributed by atoms with Crippen molar-refractivity contribution in [1.29, 1.82) is 0 Å². The maximum atomic E-state index is 12.2. The molecule has 1 N–H and O–H groups in total. The number of benzene rings is 1. The fourth-order valence-corrected chi connectivity index (χ4v) is 3.06. The lowest BCUT2D eigenvalue weighted by molar-refractivity contribution is -0.167. The lowest BCUT2D eigenvalue weighted by atomic mass is 10.2. The smallest absolute Gasteiger partial charge is 0.318 e. The van der Waals surface area contributed by atoms with Crippen LogP contribution < -0.4 is 10.2 Å². The minimum atomic E-state index is -4.88. The number of halogens is 3. The number of aliphatic imine (C=N–C) groups is 1. The number of anilines is 2. The second kappa shape index (κ2) is 4.16. The van der Waals surface area contributed by atoms with Crippen molar-refractivity contribution < 1.29 is 18.0 Å². The van der Waals surface area contributed by atoms with Crippen molar-refractivity contribution in [3.8, 4) is 0 Å². The van der Waals surface area contributed by atoms with Gasteiger partial charge < -0.3 is 10.2 Å². The molecule has 8 heteroatoms. The van der Waals surface area contributed by atoms with Gasteiger partial charge in [0.1, 0.15) is 0 Å². The summed E-state index contributed by atoms with van der Waals surface area (Å²) in [6.45, 7) is 1.51. The number of rotatable bonds is 1. The van der Waals surface area contributed by atoms with Gasteiger partial charge in [-0.3, -0.25) is 9.79 Å². The number of thioether (sulfide) groups is 1. The van der Waals surface area contributed by atoms with Crippen LogP contribution in [0.5, 0.6) is 0 Å². The average Bonchev–Trinajstić information content (AvgIpc) is 2.87. The largest absolute Gasteiger partial charge is 0.471 e. The van der Waals surface area contributed by atoms with Gasteiger partial charge in [-0.25, -0.2) is 0 Å². The summed E-state index contributed by atoms with van der Waals surface area (Å²) < 4.78 is 36.5. The first-order chi connectivity index (χ1) is 8.95. The van der Waals surface area contributed by atoms with Gasteiger partial charge in [0.05, 0.1) is 12.2 Å². The van der Waals surface area contributed by atoms with E-state index in [-0.39, 0.29) is 5.69 Å². The Kier molecular flexibility index (Phi) is 2.70. The fourth-order valence-electron chi connectivity index (χ4n) is 1.93. The van der Waals surface area contributed by atoms with E-state index in [0.29, 0.717) is 0 Å². The second-order valence-corrected chi connectivity index (χ2v) is 5.06. The van der Waals surface area contributed by atoms with Crippen LogP contribution in [0.3, 0.4) is 0 Å². The number of carbonyl (C=O) groups excluding carboxylic acids is 1. The van der Waals surface area contributed by atoms with Crippen LogP contribution in [0.1, 0.15) is 0 Å². The molecule has 0 aromatic heterocycles. The molecule has 2 aliphatic heterocycles. The summed E-state index contributed by atoms with van der Waals surface area (Å²) in [7, 11) is 0. The molecule has 4 nitrogen and oxygen atoms in total. The van der Waals surface area contributed by atoms with Crippen LogP contribution in [-0.2, 0) is 4.79 Å². The van der Waals surface area contributed by atoms with Crippen molar-refractivity contribution >= 4 is 34.2 Å². The van der Waals surface area contributed by atoms with Crippen LogP contribution in [-0.4, -0.2) is 30.3 Å². The van der Waals surface area contributed by atoms with Gasteiger partial charge in [-0.15, -0.1) is 0 Å². The Morgan fingerprint density at radius 3 is 2.95 bits per heavy atom. The third-order valence-electron chi connectivity index (χ3n) is 2.77. The molecule has 0 atom stereocenters. The molecule has 0 saturated carbocycles. The number of hydrogen-bond acceptors (Lipinski definition) is 4. The van der Waals surface area contributed by atoms with Gasteiger partial charge in [-0.2, -0.15) is 13.2 Å². The molecule has 1 aromatic carbocycles. The number of fused-ring (bicyclic) bond motifs is 3. The van der Waals surface area contributed by atoms with E-state index in [0.717, 1.165) is 28.8 Å². The van der Waals surface area contributed by atoms with E-state index in [2.05, 4.69) is 4.99 Å². The lowest BCUT2D eigenvalue weighted by Crippen LogP contribution is -2.29. The highest BCUT2D eigenvalue weighted by Gasteiger charge is 2.39. The van der Waals surface area contributed by atoms with E-state index >= 15 is 0 Å². The number of nitrogens with zero attached hydrogens (tertiary/aromatic N) is 2. The highest BCUT2D eigenvalue weighted by atomic mass is 32.2. The summed E-state index contributed by atoms with van der Waals surface area (Å²) in [4.78, 5) is 17.9. The first kappa shape index (κ1) is 12.3. The standard InChI is InChI=1S/C11H8F3N3OS/c12-11(13,14)9(18)16-6-1-2-7-8(5-6)19-10-15-3-4-17(7)10/h1-2,5H,3-4H2,(H,16,18). The molecule has 100 valence electrons. The molecule has 2 aliphatic rings. The summed E-state index contributed by atoms with van der Waals surface area (Å²) in [5.74, 6) is -1.96. The zero-order valence-electron chi connectivity index (χ0n) is 9.49. The van der Waals surface area contributed by atoms with Crippen LogP contribution >= 0.6 is 11.8 Å². The van der Waals surface area contributed by atoms with Crippen molar-refractivity contribution in [1.82, 2.24) is 0 Å². The summed E-state index contributed by atoms with van der Waals surface area (Å²) in [5.41, 5.74) is 1.06. The molecular formula is C11H8F3N3OS. The number of nitrogens with one attached hydrogen (secondary N) is 1. The van der Waals surface area contributed by atoms with Crippen LogP contribution in [0.15, 0.2) is 28.1 Å². The molecule has 0 aliphatic carbocycles. The predicted molar refractivity (Wildman–Crippen MR) is 66.6 cm³/mol. The Morgan fingerprint density at radius 1 is 1.42 bits per heavy atom. The molecule has 2 heterocycles. The van der Waals surface area contributed by atoms with Crippen LogP contribution in [0.4, 0.5) is 24.5 Å². The van der Waals surface area contributed by atoms with Crippen molar-refractivity contribution in [2.45, 2.75) is 11.1 Å². The molecule has 0 unspecified atom stereocenters. The SMILES string of the molecule is O=C(Nc1ccc2c(c1)SC1=NCCN12)C(F)(F)F. The van der Waals surface area contributed by atoms with E-state index in [1.165, 1.54) is 23.9 Å². The molecule has 1 amide bonds. The molecule has 0 radical (unpaired) electrons. The third-order valence-corrected chi connectivity index (χ3v) is 3.85. The summed E-state index contributed by atoms with van der Waals surface area (Å²) in [6, 6.07) is 4.69. The van der Waals surface area contributed by atoms with Crippen LogP contribution in [0.2, 0.25) is 0 Å². The Morgan fingerprint density at radius 2 is 2.21 bits per heavy atom. The van der Waals surface area contributed by atoms with Gasteiger partial charge in [0.2, 0.25) is 0 Å². The van der Waals surface area contributed by atoms with Gasteiger partial charge in [0.15, 0.2) is 5.17 Å². The summed E-state index contributed by atoms with van der Waals surface area (Å²) in [5, 5.41) is 2.70. The number of amidine groups is 1. The minimum Gasteiger partial charge on any atom is -0.318 e. The summed E-state index contributed by atoms with van der Waals surface area (Å²) >= 11 is 1.40. The molecular weight excluding hydrogens is 279 g/mol. The molecule has 0 saturated heterocycles. The van der Waals surface area contributed by atoms with Crippen molar-refractivity contribution in [3.63, 3.8) is 0 Å². The normalized spacial score (nSPS) is 17.0. The molecule has 3 rings (SSSR count). The number of carbonyl (C=O) groups is 1. The predicted octanol–water partition coefficient (Wildman–Crippen LogP) is 2.47. The van der Waals surface area contributed by atoms with Crippen molar-refractivity contribution in [2.75, 3.05) is 23.3 Å². The van der Waals surface area contributed by atoms with Gasteiger partial charge in [0.25, 0.3) is 0 Å². The Balaban J connectivity index is 1.83. The average molecular weight is 287 g/mol. The molecule has 0 spiro atoms. The number of hydrogen-bond donors (Lipinski definition) is 1. The Hall–Kier alpha value is -1.70. The highest BCUT2D eigenvalue weighted by Crippen LogP contribution is 2.43. The number of amides is 1. The van der Waals surface area contributed by atoms with Crippen molar-refractivity contribution in [2.24, 2.45) is 4.99 Å². The van der Waals surface area contributed by atoms with Gasteiger partial charge >= 0.3 is 12.1 Å². The molecule has 0 bridgehead atoms. The van der Waals surface area contributed by atoms with E-state index in [1.807, 2.05) is 10.2 Å². The van der Waals surface area contributed by atoms with E-state index in [1.54, 1.807) is 6.07 Å². The number of alkyl halides is 3. The zero-order chi connectivity index (χ0) is 13.6. The van der Waals surface area contributed by atoms with Gasteiger partial charge in [-0.1, -0.05) is 0 Å². The lowest BCUT2D eigenvalue weighted by Gasteiger charge is -2.13. The highest BCUT2D eigenvalue weighted by molar-refractivity contribution is 8.14. The zero-order valence-corrected chi connectivity index (χ0v) is 10.3. The van der Waals surface area contributed by atoms with Gasteiger partial charge in [-0.05, 0) is 30.0 Å². The molecule has 19 heavy (non-hydrogen) atoms. The topological polar surface area (TPSA) is 44.7 Å². The van der Waals surface area contributed by atoms with Crippen molar-refractivity contribution in [3.05, 3.63) is 18.2 Å². The first-order valence-electron chi connectivity index (χ1n) is 5.47. The fraction of sp³-hybridized carbons (Fsp3) is 0.273. The monoisotopic (exact) mass is 287 g/mol. The molecule has 1 aromatic rings. The first-order valence-corrected chi connectivity index (χ1v) is 6.29. The van der Waals surface area contributed by atoms with E-state index in [4.69, 9.17) is 0 Å². The van der Waals surface area contributed by atoms with Crippen LogP contribution in [0, 0.1) is 0 Å². The van der Waals surface area contributed by atoms with E-state index < -0.39 is 12.1 Å². The molecule has 0 fully saturated rings. The maximum absolute atomic E-state index is 12.2. The Bertz CT molecular complexity index is 585. The second-order valence-electron chi connectivity index (χ2n) is 4.05. The van der Waals surface area contributed by atoms with Gasteiger partial charge in [0, 0.05) is 17.1 Å². The maximum Gasteiger partial charge on any atom is 0.471 e. The quantitative estimate of drug-likeness (QED) is 0.863. The summed E-state index contributed by atoms with van der Waals surface area (Å²) in [6.07, 6.45) is -4.88. The minimum absolute atomic E-state index is 0.135. The Labute approximate surface area is 110 Å². The van der Waals surface area contributed by atoms with E-state index in [9.17, 15) is 18.0 Å².